The molecule has 1 fully saturated rings. The lowest BCUT2D eigenvalue weighted by atomic mass is 9.83. The van der Waals surface area contributed by atoms with Crippen LogP contribution in [-0.4, -0.2) is 58.2 Å². The molecule has 1 aromatic heterocycles. The van der Waals surface area contributed by atoms with E-state index in [1.807, 2.05) is 0 Å². The van der Waals surface area contributed by atoms with Gasteiger partial charge >= 0.3 is 5.97 Å². The quantitative estimate of drug-likeness (QED) is 0.698. The predicted molar refractivity (Wildman–Crippen MR) is 106 cm³/mol. The van der Waals surface area contributed by atoms with Crippen LogP contribution in [0.2, 0.25) is 0 Å². The third-order valence-electron chi connectivity index (χ3n) is 4.79. The van der Waals surface area contributed by atoms with Crippen LogP contribution >= 0.6 is 0 Å². The van der Waals surface area contributed by atoms with Crippen molar-refractivity contribution in [2.24, 2.45) is 5.73 Å². The lowest BCUT2D eigenvalue weighted by Crippen LogP contribution is -2.41. The third-order valence-corrected chi connectivity index (χ3v) is 4.79. The van der Waals surface area contributed by atoms with Crippen LogP contribution in [-0.2, 0) is 25.5 Å². The molecule has 2 aromatic rings. The topological polar surface area (TPSA) is 130 Å². The summed E-state index contributed by atoms with van der Waals surface area (Å²) in [6, 6.07) is 6.22. The maximum atomic E-state index is 14.3. The number of hydrogen-bond acceptors (Lipinski definition) is 7. The van der Waals surface area contributed by atoms with E-state index in [1.165, 1.54) is 17.9 Å². The number of carbonyl (C=O) groups excluding carboxylic acids is 1. The molecule has 30 heavy (non-hydrogen) atoms. The number of carboxylic acid groups (broad SMARTS) is 1. The lowest BCUT2D eigenvalue weighted by Gasteiger charge is -2.32. The van der Waals surface area contributed by atoms with Crippen LogP contribution in [0.3, 0.4) is 0 Å². The molecule has 164 valence electrons. The van der Waals surface area contributed by atoms with Gasteiger partial charge in [0.15, 0.2) is 5.82 Å². The van der Waals surface area contributed by atoms with E-state index < -0.39 is 17.8 Å². The van der Waals surface area contributed by atoms with Gasteiger partial charge < -0.3 is 20.3 Å². The number of rotatable bonds is 5. The number of para-hydroxylation sites is 1. The lowest BCUT2D eigenvalue weighted by molar-refractivity contribution is -0.140. The van der Waals surface area contributed by atoms with Crippen LogP contribution in [0.25, 0.3) is 5.69 Å². The molecule has 10 heteroatoms. The average Bonchev–Trinajstić information content (AvgIpc) is 3.11. The number of aliphatic carboxylic acids is 1. The van der Waals surface area contributed by atoms with Crippen molar-refractivity contribution >= 4 is 11.9 Å². The van der Waals surface area contributed by atoms with E-state index in [0.29, 0.717) is 23.8 Å². The number of hydrogen-bond donors (Lipinski definition) is 2. The number of carboxylic acids is 1. The maximum absolute atomic E-state index is 14.3. The van der Waals surface area contributed by atoms with Crippen molar-refractivity contribution in [3.63, 3.8) is 0 Å². The molecule has 3 rings (SSSR count). The van der Waals surface area contributed by atoms with E-state index in [4.69, 9.17) is 20.4 Å². The number of carbonyl (C=O) groups is 2. The second-order valence-electron chi connectivity index (χ2n) is 6.97. The van der Waals surface area contributed by atoms with Gasteiger partial charge in [0.1, 0.15) is 23.7 Å². The van der Waals surface area contributed by atoms with Gasteiger partial charge in [-0.05, 0) is 31.4 Å². The molecule has 1 heterocycles. The first-order valence-electron chi connectivity index (χ1n) is 9.52. The Balaban J connectivity index is 0.000000735. The van der Waals surface area contributed by atoms with Gasteiger partial charge in [-0.3, -0.25) is 9.59 Å². The summed E-state index contributed by atoms with van der Waals surface area (Å²) < 4.78 is 25.9. The summed E-state index contributed by atoms with van der Waals surface area (Å²) in [5.41, 5.74) is 6.51. The normalized spacial score (nSPS) is 20.8. The third kappa shape index (κ3) is 6.07. The standard InChI is InChI=1S/C18H23FN4O3.C2H4O2/c1-25-15-8-7-11(9-13(15)20)18-21-16(10-17(24)26-2)22-23(18)14-6-4-3-5-12(14)19;1-2(3)4/h3-6,11,13,15H,7-10,20H2,1-2H3;1H3,(H,3,4)/t11-,13+,15+;/m0./s1. The van der Waals surface area contributed by atoms with Gasteiger partial charge in [-0.15, -0.1) is 0 Å². The molecule has 3 N–H and O–H groups in total. The molecular weight excluding hydrogens is 395 g/mol. The Morgan fingerprint density at radius 1 is 1.30 bits per heavy atom. The number of ether oxygens (including phenoxy) is 2. The molecule has 0 bridgehead atoms. The molecule has 1 aliphatic carbocycles. The minimum Gasteiger partial charge on any atom is -0.481 e. The van der Waals surface area contributed by atoms with Crippen molar-refractivity contribution in [1.82, 2.24) is 14.8 Å². The highest BCUT2D eigenvalue weighted by Gasteiger charge is 2.32. The summed E-state index contributed by atoms with van der Waals surface area (Å²) in [6.45, 7) is 1.08. The van der Waals surface area contributed by atoms with Gasteiger partial charge in [0, 0.05) is 26.0 Å². The summed E-state index contributed by atoms with van der Waals surface area (Å²) in [5.74, 6) is -0.758. The Kier molecular flexibility index (Phi) is 8.43. The highest BCUT2D eigenvalue weighted by Crippen LogP contribution is 2.34. The first-order chi connectivity index (χ1) is 14.3. The van der Waals surface area contributed by atoms with Crippen LogP contribution in [0, 0.1) is 5.82 Å². The fourth-order valence-electron chi connectivity index (χ4n) is 3.41. The highest BCUT2D eigenvalue weighted by atomic mass is 19.1. The van der Waals surface area contributed by atoms with Crippen LogP contribution in [0.15, 0.2) is 24.3 Å². The van der Waals surface area contributed by atoms with Gasteiger partial charge in [-0.25, -0.2) is 14.1 Å². The largest absolute Gasteiger partial charge is 0.481 e. The SMILES string of the molecule is CC(=O)O.COC(=O)Cc1nc([C@H]2CC[C@@H](OC)[C@H](N)C2)n(-c2ccccc2F)n1. The molecule has 0 unspecified atom stereocenters. The number of aromatic nitrogens is 3. The Morgan fingerprint density at radius 2 is 1.97 bits per heavy atom. The molecular formula is C20H27FN4O5. The van der Waals surface area contributed by atoms with E-state index >= 15 is 0 Å². The van der Waals surface area contributed by atoms with E-state index in [9.17, 15) is 9.18 Å². The van der Waals surface area contributed by atoms with Crippen molar-refractivity contribution in [2.45, 2.75) is 50.7 Å². The van der Waals surface area contributed by atoms with E-state index in [1.54, 1.807) is 25.3 Å². The second-order valence-corrected chi connectivity index (χ2v) is 6.97. The summed E-state index contributed by atoms with van der Waals surface area (Å²) in [7, 11) is 2.96. The highest BCUT2D eigenvalue weighted by molar-refractivity contribution is 5.71. The van der Waals surface area contributed by atoms with Gasteiger partial charge in [-0.2, -0.15) is 5.10 Å². The van der Waals surface area contributed by atoms with Crippen molar-refractivity contribution in [3.05, 3.63) is 41.7 Å². The van der Waals surface area contributed by atoms with Gasteiger partial charge in [0.25, 0.3) is 5.97 Å². The van der Waals surface area contributed by atoms with Gasteiger partial charge in [0.2, 0.25) is 0 Å². The Labute approximate surface area is 174 Å². The molecule has 0 aliphatic heterocycles. The van der Waals surface area contributed by atoms with Crippen LogP contribution < -0.4 is 5.73 Å². The molecule has 1 aromatic carbocycles. The number of nitrogens with zero attached hydrogens (tertiary/aromatic N) is 3. The molecule has 9 nitrogen and oxygen atoms in total. The molecule has 3 atom stereocenters. The summed E-state index contributed by atoms with van der Waals surface area (Å²) in [6.07, 6.45) is 2.19. The molecule has 0 amide bonds. The fourth-order valence-corrected chi connectivity index (χ4v) is 3.41. The number of benzene rings is 1. The van der Waals surface area contributed by atoms with E-state index in [0.717, 1.165) is 19.8 Å². The zero-order chi connectivity index (χ0) is 22.3. The van der Waals surface area contributed by atoms with E-state index in [-0.39, 0.29) is 24.5 Å². The Morgan fingerprint density at radius 3 is 2.53 bits per heavy atom. The Bertz CT molecular complexity index is 869. The Hall–Kier alpha value is -2.85. The second kappa shape index (κ2) is 10.8. The molecule has 1 saturated carbocycles. The summed E-state index contributed by atoms with van der Waals surface area (Å²) in [5, 5.41) is 11.8. The van der Waals surface area contributed by atoms with Crippen LogP contribution in [0.4, 0.5) is 4.39 Å². The van der Waals surface area contributed by atoms with Gasteiger partial charge in [-0.1, -0.05) is 12.1 Å². The maximum Gasteiger partial charge on any atom is 0.313 e. The zero-order valence-electron chi connectivity index (χ0n) is 17.2. The monoisotopic (exact) mass is 422 g/mol. The smallest absolute Gasteiger partial charge is 0.313 e. The van der Waals surface area contributed by atoms with Crippen molar-refractivity contribution in [3.8, 4) is 5.69 Å². The first-order valence-corrected chi connectivity index (χ1v) is 9.52. The summed E-state index contributed by atoms with van der Waals surface area (Å²) in [4.78, 5) is 25.1. The van der Waals surface area contributed by atoms with Crippen molar-refractivity contribution in [1.29, 1.82) is 0 Å². The number of esters is 1. The molecule has 1 aliphatic rings. The van der Waals surface area contributed by atoms with Crippen LogP contribution in [0.1, 0.15) is 43.8 Å². The summed E-state index contributed by atoms with van der Waals surface area (Å²) >= 11 is 0. The predicted octanol–water partition coefficient (Wildman–Crippen LogP) is 1.82. The number of halogens is 1. The van der Waals surface area contributed by atoms with Crippen LogP contribution in [0.5, 0.6) is 0 Å². The average molecular weight is 422 g/mol. The zero-order valence-corrected chi connectivity index (χ0v) is 17.2. The molecule has 0 radical (unpaired) electrons. The van der Waals surface area contributed by atoms with Gasteiger partial charge in [0.05, 0.1) is 13.2 Å². The van der Waals surface area contributed by atoms with E-state index in [2.05, 4.69) is 14.8 Å². The van der Waals surface area contributed by atoms with Crippen molar-refractivity contribution < 1.29 is 28.6 Å². The fraction of sp³-hybridized carbons (Fsp3) is 0.500. The minimum absolute atomic E-state index is 0.00521. The van der Waals surface area contributed by atoms with Crippen molar-refractivity contribution in [2.75, 3.05) is 14.2 Å². The number of nitrogens with two attached hydrogens (primary N) is 1. The minimum atomic E-state index is -0.833. The first kappa shape index (κ1) is 23.4. The molecule has 0 saturated heterocycles. The molecule has 0 spiro atoms. The number of methoxy groups -OCH3 is 2.